The van der Waals surface area contributed by atoms with Crippen LogP contribution in [-0.4, -0.2) is 16.2 Å². The van der Waals surface area contributed by atoms with Crippen LogP contribution in [0.2, 0.25) is 5.02 Å². The van der Waals surface area contributed by atoms with Crippen LogP contribution in [-0.2, 0) is 5.41 Å². The van der Waals surface area contributed by atoms with E-state index in [1.165, 1.54) is 6.07 Å². The van der Waals surface area contributed by atoms with Crippen LogP contribution in [0.3, 0.4) is 0 Å². The number of aliphatic imine (C=N–C) groups is 1. The zero-order valence-electron chi connectivity index (χ0n) is 15.3. The van der Waals surface area contributed by atoms with E-state index in [1.54, 1.807) is 12.1 Å². The van der Waals surface area contributed by atoms with E-state index in [4.69, 9.17) is 16.6 Å². The number of nitrogens with zero attached hydrogens (tertiary/aromatic N) is 2. The fourth-order valence-corrected chi connectivity index (χ4v) is 4.00. The molecule has 0 saturated carbocycles. The normalized spacial score (nSPS) is 17.7. The molecule has 3 aromatic rings. The monoisotopic (exact) mass is 366 g/mol. The molecule has 0 amide bonds. The zero-order chi connectivity index (χ0) is 18.7. The van der Waals surface area contributed by atoms with E-state index in [0.29, 0.717) is 10.9 Å². The van der Waals surface area contributed by atoms with Crippen LogP contribution >= 0.6 is 11.6 Å². The molecule has 26 heavy (non-hydrogen) atoms. The standard InChI is InChI=1S/C22H20ClFN2/c1-21(2)19-14(7-5-8-15(19)23)20(26-22(21,3)4)18-12-11-13-16(24)9-6-10-17(13)25-18/h5-12H,1-4H3. The first-order chi connectivity index (χ1) is 12.2. The SMILES string of the molecule is CC1(C)N=C(c2ccc3c(F)cccc3n2)c2cccc(Cl)c2C1(C)C. The molecule has 2 nitrogen and oxygen atoms in total. The Morgan fingerprint density at radius 1 is 0.923 bits per heavy atom. The van der Waals surface area contributed by atoms with Crippen molar-refractivity contribution in [1.82, 2.24) is 4.98 Å². The van der Waals surface area contributed by atoms with Crippen molar-refractivity contribution in [2.24, 2.45) is 4.99 Å². The predicted octanol–water partition coefficient (Wildman–Crippen LogP) is 5.93. The van der Waals surface area contributed by atoms with Crippen LogP contribution in [0.5, 0.6) is 0 Å². The highest BCUT2D eigenvalue weighted by atomic mass is 35.5. The summed E-state index contributed by atoms with van der Waals surface area (Å²) in [7, 11) is 0. The maximum atomic E-state index is 14.0. The summed E-state index contributed by atoms with van der Waals surface area (Å²) in [6, 6.07) is 14.4. The van der Waals surface area contributed by atoms with Crippen LogP contribution in [0.15, 0.2) is 53.5 Å². The average Bonchev–Trinajstić information content (AvgIpc) is 2.58. The van der Waals surface area contributed by atoms with Gasteiger partial charge >= 0.3 is 0 Å². The molecule has 132 valence electrons. The minimum Gasteiger partial charge on any atom is -0.275 e. The van der Waals surface area contributed by atoms with Crippen molar-refractivity contribution in [3.05, 3.63) is 76.2 Å². The molecule has 0 fully saturated rings. The molecule has 4 heteroatoms. The van der Waals surface area contributed by atoms with Gasteiger partial charge in [0.25, 0.3) is 0 Å². The number of rotatable bonds is 1. The quantitative estimate of drug-likeness (QED) is 0.523. The third-order valence-corrected chi connectivity index (χ3v) is 6.05. The lowest BCUT2D eigenvalue weighted by Gasteiger charge is -2.44. The lowest BCUT2D eigenvalue weighted by atomic mass is 9.66. The first-order valence-corrected chi connectivity index (χ1v) is 9.05. The highest BCUT2D eigenvalue weighted by molar-refractivity contribution is 6.32. The van der Waals surface area contributed by atoms with E-state index in [9.17, 15) is 4.39 Å². The maximum Gasteiger partial charge on any atom is 0.132 e. The molecule has 0 aliphatic carbocycles. The first-order valence-electron chi connectivity index (χ1n) is 8.67. The molecule has 0 unspecified atom stereocenters. The molecule has 0 spiro atoms. The Hall–Kier alpha value is -2.26. The number of aromatic nitrogens is 1. The van der Waals surface area contributed by atoms with Crippen molar-refractivity contribution in [3.8, 4) is 0 Å². The molecule has 0 bridgehead atoms. The van der Waals surface area contributed by atoms with Gasteiger partial charge in [-0.05, 0) is 49.7 Å². The summed E-state index contributed by atoms with van der Waals surface area (Å²) < 4.78 is 14.0. The Morgan fingerprint density at radius 2 is 1.65 bits per heavy atom. The summed E-state index contributed by atoms with van der Waals surface area (Å²) in [5, 5.41) is 1.25. The van der Waals surface area contributed by atoms with Gasteiger partial charge in [-0.15, -0.1) is 0 Å². The Bertz CT molecular complexity index is 1070. The second kappa shape index (κ2) is 5.62. The van der Waals surface area contributed by atoms with Gasteiger partial charge in [-0.1, -0.05) is 43.6 Å². The number of hydrogen-bond acceptors (Lipinski definition) is 2. The van der Waals surface area contributed by atoms with Gasteiger partial charge in [0.15, 0.2) is 0 Å². The van der Waals surface area contributed by atoms with Gasteiger partial charge in [0, 0.05) is 21.4 Å². The third kappa shape index (κ3) is 2.38. The van der Waals surface area contributed by atoms with E-state index in [2.05, 4.69) is 32.7 Å². The van der Waals surface area contributed by atoms with Crippen molar-refractivity contribution in [3.63, 3.8) is 0 Å². The second-order valence-electron chi connectivity index (χ2n) is 7.81. The van der Waals surface area contributed by atoms with Crippen LogP contribution < -0.4 is 0 Å². The number of pyridine rings is 1. The van der Waals surface area contributed by atoms with Crippen LogP contribution in [0.1, 0.15) is 44.5 Å². The van der Waals surface area contributed by atoms with Gasteiger partial charge < -0.3 is 0 Å². The Labute approximate surface area is 157 Å². The third-order valence-electron chi connectivity index (χ3n) is 5.74. The van der Waals surface area contributed by atoms with E-state index in [0.717, 1.165) is 27.6 Å². The van der Waals surface area contributed by atoms with Crippen LogP contribution in [0, 0.1) is 5.82 Å². The van der Waals surface area contributed by atoms with E-state index in [1.807, 2.05) is 30.3 Å². The predicted molar refractivity (Wildman–Crippen MR) is 106 cm³/mol. The molecule has 2 aromatic carbocycles. The summed E-state index contributed by atoms with van der Waals surface area (Å²) in [4.78, 5) is 9.74. The molecule has 0 saturated heterocycles. The Kier molecular flexibility index (Phi) is 3.71. The molecule has 1 aromatic heterocycles. The number of hydrogen-bond donors (Lipinski definition) is 0. The first kappa shape index (κ1) is 17.2. The summed E-state index contributed by atoms with van der Waals surface area (Å²) >= 11 is 6.60. The van der Waals surface area contributed by atoms with E-state index >= 15 is 0 Å². The van der Waals surface area contributed by atoms with Crippen molar-refractivity contribution >= 4 is 28.2 Å². The summed E-state index contributed by atoms with van der Waals surface area (Å²) in [5.41, 5.74) is 3.64. The van der Waals surface area contributed by atoms with Gasteiger partial charge in [0.05, 0.1) is 22.5 Å². The molecule has 1 aliphatic rings. The highest BCUT2D eigenvalue weighted by Gasteiger charge is 2.45. The smallest absolute Gasteiger partial charge is 0.132 e. The van der Waals surface area contributed by atoms with Gasteiger partial charge in [0.1, 0.15) is 5.82 Å². The summed E-state index contributed by atoms with van der Waals surface area (Å²) in [6.45, 7) is 8.56. The molecule has 0 N–H and O–H groups in total. The lowest BCUT2D eigenvalue weighted by Crippen LogP contribution is -2.46. The van der Waals surface area contributed by atoms with Gasteiger partial charge in [0.2, 0.25) is 0 Å². The fourth-order valence-electron chi connectivity index (χ4n) is 3.59. The lowest BCUT2D eigenvalue weighted by molar-refractivity contribution is 0.304. The zero-order valence-corrected chi connectivity index (χ0v) is 16.0. The molecule has 0 radical (unpaired) electrons. The fraction of sp³-hybridized carbons (Fsp3) is 0.273. The van der Waals surface area contributed by atoms with Crippen molar-refractivity contribution in [2.75, 3.05) is 0 Å². The summed E-state index contributed by atoms with van der Waals surface area (Å²) in [5.74, 6) is -0.267. The van der Waals surface area contributed by atoms with E-state index < -0.39 is 0 Å². The number of halogens is 2. The molecular formula is C22H20ClFN2. The van der Waals surface area contributed by atoms with Gasteiger partial charge in [-0.3, -0.25) is 4.99 Å². The summed E-state index contributed by atoms with van der Waals surface area (Å²) in [6.07, 6.45) is 0. The largest absolute Gasteiger partial charge is 0.275 e. The molecule has 1 aliphatic heterocycles. The minimum atomic E-state index is -0.362. The number of benzene rings is 2. The van der Waals surface area contributed by atoms with Gasteiger partial charge in [-0.25, -0.2) is 9.37 Å². The van der Waals surface area contributed by atoms with Crippen LogP contribution in [0.25, 0.3) is 10.9 Å². The topological polar surface area (TPSA) is 25.2 Å². The van der Waals surface area contributed by atoms with Crippen molar-refractivity contribution in [1.29, 1.82) is 0 Å². The average molecular weight is 367 g/mol. The molecule has 0 atom stereocenters. The molecule has 4 rings (SSSR count). The van der Waals surface area contributed by atoms with Crippen molar-refractivity contribution < 1.29 is 4.39 Å². The number of fused-ring (bicyclic) bond motifs is 2. The Morgan fingerprint density at radius 3 is 2.42 bits per heavy atom. The Balaban J connectivity index is 2.00. The second-order valence-corrected chi connectivity index (χ2v) is 8.22. The maximum absolute atomic E-state index is 14.0. The van der Waals surface area contributed by atoms with E-state index in [-0.39, 0.29) is 16.8 Å². The van der Waals surface area contributed by atoms with Crippen LogP contribution in [0.4, 0.5) is 4.39 Å². The minimum absolute atomic E-state index is 0.229. The van der Waals surface area contributed by atoms with Crippen molar-refractivity contribution in [2.45, 2.75) is 38.6 Å². The van der Waals surface area contributed by atoms with Gasteiger partial charge in [-0.2, -0.15) is 0 Å². The molecular weight excluding hydrogens is 347 g/mol. The molecule has 2 heterocycles. The highest BCUT2D eigenvalue weighted by Crippen LogP contribution is 2.46.